The molecule has 0 amide bonds. The number of benzene rings is 2. The lowest BCUT2D eigenvalue weighted by molar-refractivity contribution is 0.388. The highest BCUT2D eigenvalue weighted by atomic mass is 32.2. The van der Waals surface area contributed by atoms with Crippen LogP contribution in [0.25, 0.3) is 0 Å². The summed E-state index contributed by atoms with van der Waals surface area (Å²) in [5.41, 5.74) is 1.46. The highest BCUT2D eigenvalue weighted by molar-refractivity contribution is 7.98. The Hall–Kier alpha value is -1.70. The summed E-state index contributed by atoms with van der Waals surface area (Å²) in [4.78, 5) is 3.18. The van der Waals surface area contributed by atoms with Crippen molar-refractivity contribution < 1.29 is 13.2 Å². The average molecular weight is 381 g/mol. The zero-order valence-corrected chi connectivity index (χ0v) is 16.6. The first-order valence-electron chi connectivity index (χ1n) is 7.93. The second-order valence-electron chi connectivity index (χ2n) is 5.84. The summed E-state index contributed by atoms with van der Waals surface area (Å²) in [5, 5.41) is 0. The van der Waals surface area contributed by atoms with Gasteiger partial charge in [-0.25, -0.2) is 8.42 Å². The van der Waals surface area contributed by atoms with Gasteiger partial charge >= 0.3 is 0 Å². The van der Waals surface area contributed by atoms with E-state index in [0.29, 0.717) is 18.0 Å². The van der Waals surface area contributed by atoms with Crippen molar-refractivity contribution in [3.05, 3.63) is 48.0 Å². The molecule has 2 aromatic carbocycles. The third-order valence-corrected chi connectivity index (χ3v) is 5.54. The van der Waals surface area contributed by atoms with E-state index in [1.165, 1.54) is 4.90 Å². The van der Waals surface area contributed by atoms with Crippen molar-refractivity contribution >= 4 is 27.5 Å². The number of hydrogen-bond donors (Lipinski definition) is 1. The van der Waals surface area contributed by atoms with Crippen LogP contribution in [0.3, 0.4) is 0 Å². The molecule has 0 aromatic heterocycles. The molecule has 0 heterocycles. The fraction of sp³-hybridized carbons (Fsp3) is 0.333. The van der Waals surface area contributed by atoms with Crippen LogP contribution in [-0.4, -0.2) is 39.4 Å². The molecular formula is C18H24N2O3S2. The van der Waals surface area contributed by atoms with Crippen molar-refractivity contribution in [3.63, 3.8) is 0 Å². The Labute approximate surface area is 154 Å². The summed E-state index contributed by atoms with van der Waals surface area (Å²) in [7, 11) is 0.613. The predicted molar refractivity (Wildman–Crippen MR) is 105 cm³/mol. The number of nitrogens with one attached hydrogen (secondary N) is 1. The van der Waals surface area contributed by atoms with Gasteiger partial charge in [-0.1, -0.05) is 0 Å². The third-order valence-electron chi connectivity index (χ3n) is 3.49. The molecule has 0 bridgehead atoms. The lowest BCUT2D eigenvalue weighted by Crippen LogP contribution is -2.16. The maximum Gasteiger partial charge on any atom is 0.232 e. The Morgan fingerprint density at radius 2 is 1.80 bits per heavy atom. The molecule has 0 radical (unpaired) electrons. The molecular weight excluding hydrogens is 356 g/mol. The number of rotatable bonds is 8. The van der Waals surface area contributed by atoms with Crippen molar-refractivity contribution in [1.82, 2.24) is 4.90 Å². The van der Waals surface area contributed by atoms with Gasteiger partial charge in [-0.05, 0) is 69.7 Å². The maximum absolute atomic E-state index is 11.8. The minimum Gasteiger partial charge on any atom is -0.457 e. The minimum absolute atomic E-state index is 0.0378. The van der Waals surface area contributed by atoms with Crippen LogP contribution in [0.2, 0.25) is 0 Å². The topological polar surface area (TPSA) is 58.6 Å². The summed E-state index contributed by atoms with van der Waals surface area (Å²) < 4.78 is 32.2. The quantitative estimate of drug-likeness (QED) is 0.701. The molecule has 0 atom stereocenters. The van der Waals surface area contributed by atoms with Gasteiger partial charge < -0.3 is 9.64 Å². The third kappa shape index (κ3) is 5.95. The molecule has 0 aliphatic carbocycles. The summed E-state index contributed by atoms with van der Waals surface area (Å²) in [6.07, 6.45) is 2.03. The highest BCUT2D eigenvalue weighted by Gasteiger charge is 2.12. The highest BCUT2D eigenvalue weighted by Crippen LogP contribution is 2.30. The van der Waals surface area contributed by atoms with E-state index in [1.54, 1.807) is 30.8 Å². The van der Waals surface area contributed by atoms with Gasteiger partial charge in [-0.2, -0.15) is 0 Å². The molecule has 0 saturated heterocycles. The Morgan fingerprint density at radius 3 is 2.36 bits per heavy atom. The normalized spacial score (nSPS) is 11.6. The Morgan fingerprint density at radius 1 is 1.12 bits per heavy atom. The van der Waals surface area contributed by atoms with E-state index in [1.807, 2.05) is 55.6 Å². The molecule has 0 spiro atoms. The molecule has 25 heavy (non-hydrogen) atoms. The van der Waals surface area contributed by atoms with E-state index in [9.17, 15) is 8.42 Å². The van der Waals surface area contributed by atoms with Crippen molar-refractivity contribution in [2.45, 2.75) is 18.4 Å². The predicted octanol–water partition coefficient (Wildman–Crippen LogP) is 4.02. The van der Waals surface area contributed by atoms with Crippen LogP contribution in [-0.2, 0) is 16.6 Å². The van der Waals surface area contributed by atoms with Gasteiger partial charge in [0, 0.05) is 22.7 Å². The second kappa shape index (κ2) is 8.60. The summed E-state index contributed by atoms with van der Waals surface area (Å²) in [5.74, 6) is 1.50. The first-order chi connectivity index (χ1) is 11.8. The summed E-state index contributed by atoms with van der Waals surface area (Å²) >= 11 is 1.68. The monoisotopic (exact) mass is 380 g/mol. The van der Waals surface area contributed by atoms with Crippen molar-refractivity contribution in [1.29, 1.82) is 0 Å². The van der Waals surface area contributed by atoms with E-state index in [0.717, 1.165) is 11.3 Å². The molecule has 1 N–H and O–H groups in total. The van der Waals surface area contributed by atoms with Crippen molar-refractivity contribution in [2.24, 2.45) is 0 Å². The van der Waals surface area contributed by atoms with Crippen LogP contribution < -0.4 is 9.46 Å². The second-order valence-corrected chi connectivity index (χ2v) is 8.73. The standard InChI is InChI=1S/C18H24N2O3S2/c1-5-25(21,22)19-15-6-11-18(14(12-15)13-20(2)3)23-16-7-9-17(24-4)10-8-16/h6-12,19H,5,13H2,1-4H3. The number of anilines is 1. The molecule has 2 rings (SSSR count). The van der Waals surface area contributed by atoms with Crippen LogP contribution in [0.4, 0.5) is 5.69 Å². The number of thioether (sulfide) groups is 1. The fourth-order valence-corrected chi connectivity index (χ4v) is 3.27. The fourth-order valence-electron chi connectivity index (χ4n) is 2.23. The number of sulfonamides is 1. The van der Waals surface area contributed by atoms with Gasteiger partial charge in [-0.3, -0.25) is 4.72 Å². The first kappa shape index (κ1) is 19.6. The maximum atomic E-state index is 11.8. The molecule has 5 nitrogen and oxygen atoms in total. The van der Waals surface area contributed by atoms with E-state index < -0.39 is 10.0 Å². The summed E-state index contributed by atoms with van der Waals surface area (Å²) in [6.45, 7) is 2.25. The lowest BCUT2D eigenvalue weighted by atomic mass is 10.1. The lowest BCUT2D eigenvalue weighted by Gasteiger charge is -2.17. The average Bonchev–Trinajstić information content (AvgIpc) is 2.57. The first-order valence-corrected chi connectivity index (χ1v) is 10.8. The SMILES string of the molecule is CCS(=O)(=O)Nc1ccc(Oc2ccc(SC)cc2)c(CN(C)C)c1. The molecule has 0 aliphatic heterocycles. The van der Waals surface area contributed by atoms with Crippen LogP contribution in [0.1, 0.15) is 12.5 Å². The molecule has 7 heteroatoms. The number of ether oxygens (including phenoxy) is 1. The van der Waals surface area contributed by atoms with E-state index in [2.05, 4.69) is 4.72 Å². The van der Waals surface area contributed by atoms with Crippen LogP contribution in [0.5, 0.6) is 11.5 Å². The zero-order valence-electron chi connectivity index (χ0n) is 14.9. The molecule has 0 saturated carbocycles. The largest absolute Gasteiger partial charge is 0.457 e. The number of nitrogens with zero attached hydrogens (tertiary/aromatic N) is 1. The van der Waals surface area contributed by atoms with Gasteiger partial charge in [0.1, 0.15) is 11.5 Å². The van der Waals surface area contributed by atoms with Crippen LogP contribution in [0, 0.1) is 0 Å². The molecule has 0 aliphatic rings. The van der Waals surface area contributed by atoms with Gasteiger partial charge in [0.2, 0.25) is 10.0 Å². The van der Waals surface area contributed by atoms with Crippen LogP contribution >= 0.6 is 11.8 Å². The van der Waals surface area contributed by atoms with E-state index >= 15 is 0 Å². The number of hydrogen-bond acceptors (Lipinski definition) is 5. The van der Waals surface area contributed by atoms with E-state index in [-0.39, 0.29) is 5.75 Å². The Balaban J connectivity index is 2.29. The van der Waals surface area contributed by atoms with Crippen molar-refractivity contribution in [2.75, 3.05) is 30.8 Å². The zero-order chi connectivity index (χ0) is 18.4. The Bertz CT molecular complexity index is 804. The van der Waals surface area contributed by atoms with Gasteiger partial charge in [0.15, 0.2) is 0 Å². The van der Waals surface area contributed by atoms with Crippen LogP contribution in [0.15, 0.2) is 47.4 Å². The van der Waals surface area contributed by atoms with Gasteiger partial charge in [0.05, 0.1) is 5.75 Å². The molecule has 0 fully saturated rings. The van der Waals surface area contributed by atoms with Crippen molar-refractivity contribution in [3.8, 4) is 11.5 Å². The smallest absolute Gasteiger partial charge is 0.232 e. The summed E-state index contributed by atoms with van der Waals surface area (Å²) in [6, 6.07) is 13.2. The minimum atomic E-state index is -3.30. The molecule has 2 aromatic rings. The molecule has 136 valence electrons. The van der Waals surface area contributed by atoms with Gasteiger partial charge in [-0.15, -0.1) is 11.8 Å². The van der Waals surface area contributed by atoms with E-state index in [4.69, 9.17) is 4.74 Å². The Kier molecular flexibility index (Phi) is 6.75. The van der Waals surface area contributed by atoms with Gasteiger partial charge in [0.25, 0.3) is 0 Å². The molecule has 0 unspecified atom stereocenters.